The lowest BCUT2D eigenvalue weighted by Crippen LogP contribution is -2.38. The Hall–Kier alpha value is -1.43. The number of morpholine rings is 1. The number of nitrogens with zero attached hydrogens (tertiary/aromatic N) is 3. The average Bonchev–Trinajstić information content (AvgIpc) is 2.97. The zero-order chi connectivity index (χ0) is 16.4. The fourth-order valence-corrected chi connectivity index (χ4v) is 2.67. The third-order valence-corrected chi connectivity index (χ3v) is 4.12. The lowest BCUT2D eigenvalue weighted by molar-refractivity contribution is -0.0338. The number of hydrogen-bond donors (Lipinski definition) is 0. The molecule has 1 atom stereocenters. The highest BCUT2D eigenvalue weighted by Gasteiger charge is 2.25. The van der Waals surface area contributed by atoms with Crippen LogP contribution in [0.15, 0.2) is 28.8 Å². The molecule has 0 saturated carbocycles. The Morgan fingerprint density at radius 2 is 2.00 bits per heavy atom. The normalized spacial score (nSPS) is 19.9. The van der Waals surface area contributed by atoms with Crippen LogP contribution >= 0.6 is 11.6 Å². The predicted octanol–water partition coefficient (Wildman–Crippen LogP) is 3.59. The monoisotopic (exact) mass is 335 g/mol. The van der Waals surface area contributed by atoms with Crippen molar-refractivity contribution in [2.75, 3.05) is 19.7 Å². The van der Waals surface area contributed by atoms with Crippen molar-refractivity contribution in [3.63, 3.8) is 0 Å². The number of aromatic nitrogens is 2. The molecule has 0 spiro atoms. The summed E-state index contributed by atoms with van der Waals surface area (Å²) in [6, 6.07) is 7.83. The van der Waals surface area contributed by atoms with Gasteiger partial charge in [-0.2, -0.15) is 4.98 Å². The summed E-state index contributed by atoms with van der Waals surface area (Å²) in [5.74, 6) is 1.40. The maximum absolute atomic E-state index is 5.95. The molecule has 5 nitrogen and oxygen atoms in total. The van der Waals surface area contributed by atoms with Gasteiger partial charge in [0.05, 0.1) is 19.3 Å². The van der Waals surface area contributed by atoms with Gasteiger partial charge in [0.15, 0.2) is 5.82 Å². The lowest BCUT2D eigenvalue weighted by Gasteiger charge is -2.32. The third-order valence-electron chi connectivity index (χ3n) is 3.87. The van der Waals surface area contributed by atoms with Gasteiger partial charge < -0.3 is 9.26 Å². The van der Waals surface area contributed by atoms with E-state index < -0.39 is 0 Å². The summed E-state index contributed by atoms with van der Waals surface area (Å²) < 4.78 is 11.2. The lowest BCUT2D eigenvalue weighted by atomic mass is 9.97. The quantitative estimate of drug-likeness (QED) is 0.857. The van der Waals surface area contributed by atoms with Gasteiger partial charge in [-0.25, -0.2) is 0 Å². The van der Waals surface area contributed by atoms with E-state index in [2.05, 4.69) is 35.8 Å². The minimum atomic E-state index is -0.123. The summed E-state index contributed by atoms with van der Waals surface area (Å²) in [5, 5.41) is 4.84. The highest BCUT2D eigenvalue weighted by atomic mass is 35.5. The molecule has 6 heteroatoms. The Morgan fingerprint density at radius 3 is 2.65 bits per heavy atom. The van der Waals surface area contributed by atoms with Crippen LogP contribution < -0.4 is 0 Å². The molecule has 0 aliphatic carbocycles. The second-order valence-corrected chi connectivity index (χ2v) is 7.35. The third kappa shape index (κ3) is 4.10. The molecular weight excluding hydrogens is 314 g/mol. The maximum atomic E-state index is 5.95. The minimum absolute atomic E-state index is 0.0509. The number of ether oxygens (including phenoxy) is 1. The van der Waals surface area contributed by atoms with Gasteiger partial charge in [0.1, 0.15) is 0 Å². The number of rotatable bonds is 3. The summed E-state index contributed by atoms with van der Waals surface area (Å²) in [6.07, 6.45) is 0.0509. The second kappa shape index (κ2) is 6.59. The summed E-state index contributed by atoms with van der Waals surface area (Å²) in [5.41, 5.74) is 1.02. The molecule has 1 aliphatic rings. The number of hydrogen-bond acceptors (Lipinski definition) is 5. The SMILES string of the molecule is CC(C)(C)c1nc(CN2CCO[C@H](c3ccc(Cl)cc3)C2)no1. The van der Waals surface area contributed by atoms with Crippen LogP contribution in [0.1, 0.15) is 44.2 Å². The van der Waals surface area contributed by atoms with Gasteiger partial charge in [0, 0.05) is 23.5 Å². The average molecular weight is 336 g/mol. The van der Waals surface area contributed by atoms with E-state index in [4.69, 9.17) is 20.9 Å². The molecule has 0 bridgehead atoms. The standard InChI is InChI=1S/C17H22ClN3O2/c1-17(2,3)16-19-15(20-23-16)11-21-8-9-22-14(10-21)12-4-6-13(18)7-5-12/h4-7,14H,8-11H2,1-3H3/t14-/m0/s1. The molecule has 0 N–H and O–H groups in total. The van der Waals surface area contributed by atoms with Crippen LogP contribution in [0.2, 0.25) is 5.02 Å². The molecule has 1 aromatic carbocycles. The van der Waals surface area contributed by atoms with Crippen LogP contribution in [0.3, 0.4) is 0 Å². The Kier molecular flexibility index (Phi) is 4.71. The van der Waals surface area contributed by atoms with Crippen LogP contribution in [0.5, 0.6) is 0 Å². The smallest absolute Gasteiger partial charge is 0.232 e. The Balaban J connectivity index is 1.64. The molecule has 1 aliphatic heterocycles. The number of halogens is 1. The fourth-order valence-electron chi connectivity index (χ4n) is 2.55. The first kappa shape index (κ1) is 16.4. The van der Waals surface area contributed by atoms with E-state index in [0.717, 1.165) is 29.5 Å². The first-order valence-corrected chi connectivity index (χ1v) is 8.22. The Bertz CT molecular complexity index is 649. The van der Waals surface area contributed by atoms with E-state index in [-0.39, 0.29) is 11.5 Å². The molecule has 1 saturated heterocycles. The zero-order valence-corrected chi connectivity index (χ0v) is 14.5. The van der Waals surface area contributed by atoms with E-state index in [1.165, 1.54) is 0 Å². The predicted molar refractivity (Wildman–Crippen MR) is 88.4 cm³/mol. The van der Waals surface area contributed by atoms with E-state index in [1.54, 1.807) is 0 Å². The van der Waals surface area contributed by atoms with Crippen molar-refractivity contribution in [3.8, 4) is 0 Å². The van der Waals surface area contributed by atoms with Crippen molar-refractivity contribution < 1.29 is 9.26 Å². The number of benzene rings is 1. The topological polar surface area (TPSA) is 51.4 Å². The van der Waals surface area contributed by atoms with Gasteiger partial charge in [-0.3, -0.25) is 4.90 Å². The second-order valence-electron chi connectivity index (χ2n) is 6.91. The van der Waals surface area contributed by atoms with Crippen molar-refractivity contribution in [2.24, 2.45) is 0 Å². The molecule has 1 fully saturated rings. The zero-order valence-electron chi connectivity index (χ0n) is 13.8. The van der Waals surface area contributed by atoms with Crippen molar-refractivity contribution in [3.05, 3.63) is 46.6 Å². The summed E-state index contributed by atoms with van der Waals surface area (Å²) in [4.78, 5) is 6.80. The van der Waals surface area contributed by atoms with Gasteiger partial charge in [0.25, 0.3) is 0 Å². The largest absolute Gasteiger partial charge is 0.371 e. The van der Waals surface area contributed by atoms with E-state index >= 15 is 0 Å². The van der Waals surface area contributed by atoms with Gasteiger partial charge in [-0.15, -0.1) is 0 Å². The molecule has 2 heterocycles. The summed E-state index contributed by atoms with van der Waals surface area (Å²) in [6.45, 7) is 9.23. The molecule has 2 aromatic rings. The molecule has 23 heavy (non-hydrogen) atoms. The van der Waals surface area contributed by atoms with Crippen LogP contribution in [0.25, 0.3) is 0 Å². The molecule has 1 aromatic heterocycles. The van der Waals surface area contributed by atoms with Gasteiger partial charge in [-0.1, -0.05) is 49.7 Å². The van der Waals surface area contributed by atoms with Gasteiger partial charge >= 0.3 is 0 Å². The van der Waals surface area contributed by atoms with Crippen LogP contribution in [0, 0.1) is 0 Å². The van der Waals surface area contributed by atoms with Crippen molar-refractivity contribution >= 4 is 11.6 Å². The highest BCUT2D eigenvalue weighted by molar-refractivity contribution is 6.30. The molecule has 124 valence electrons. The van der Waals surface area contributed by atoms with Gasteiger partial charge in [-0.05, 0) is 17.7 Å². The van der Waals surface area contributed by atoms with E-state index in [9.17, 15) is 0 Å². The van der Waals surface area contributed by atoms with Gasteiger partial charge in [0.2, 0.25) is 5.89 Å². The fraction of sp³-hybridized carbons (Fsp3) is 0.529. The first-order valence-electron chi connectivity index (χ1n) is 7.84. The minimum Gasteiger partial charge on any atom is -0.371 e. The molecule has 0 amide bonds. The molecule has 0 radical (unpaired) electrons. The van der Waals surface area contributed by atoms with E-state index in [1.807, 2.05) is 24.3 Å². The van der Waals surface area contributed by atoms with Crippen molar-refractivity contribution in [2.45, 2.75) is 38.8 Å². The Morgan fingerprint density at radius 1 is 1.26 bits per heavy atom. The molecular formula is C17H22ClN3O2. The molecule has 3 rings (SSSR count). The molecule has 0 unspecified atom stereocenters. The van der Waals surface area contributed by atoms with Crippen LogP contribution in [-0.4, -0.2) is 34.7 Å². The summed E-state index contributed by atoms with van der Waals surface area (Å²) in [7, 11) is 0. The first-order chi connectivity index (χ1) is 10.9. The highest BCUT2D eigenvalue weighted by Crippen LogP contribution is 2.25. The van der Waals surface area contributed by atoms with E-state index in [0.29, 0.717) is 19.0 Å². The summed E-state index contributed by atoms with van der Waals surface area (Å²) >= 11 is 5.95. The van der Waals surface area contributed by atoms with Crippen molar-refractivity contribution in [1.29, 1.82) is 0 Å². The van der Waals surface area contributed by atoms with Crippen molar-refractivity contribution in [1.82, 2.24) is 15.0 Å². The van der Waals surface area contributed by atoms with Crippen LogP contribution in [0.4, 0.5) is 0 Å². The maximum Gasteiger partial charge on any atom is 0.232 e. The van der Waals surface area contributed by atoms with Crippen LogP contribution in [-0.2, 0) is 16.7 Å². The Labute approximate surface area is 141 Å².